The molecule has 4 rings (SSSR count). The lowest BCUT2D eigenvalue weighted by Gasteiger charge is -2.27. The molecule has 0 saturated heterocycles. The molecule has 0 bridgehead atoms. The number of nitrogens with one attached hydrogen (secondary N) is 1. The Morgan fingerprint density at radius 3 is 2.71 bits per heavy atom. The molecule has 3 heteroatoms. The van der Waals surface area contributed by atoms with Crippen LogP contribution in [-0.2, 0) is 0 Å². The van der Waals surface area contributed by atoms with Crippen LogP contribution < -0.4 is 4.90 Å². The fraction of sp³-hybridized carbons (Fsp3) is 0.167. The van der Waals surface area contributed by atoms with E-state index in [0.717, 1.165) is 36.4 Å². The maximum Gasteiger partial charge on any atom is 0.139 e. The summed E-state index contributed by atoms with van der Waals surface area (Å²) in [5.41, 5.74) is 3.74. The molecule has 0 fully saturated rings. The van der Waals surface area contributed by atoms with Gasteiger partial charge >= 0.3 is 0 Å². The van der Waals surface area contributed by atoms with Crippen molar-refractivity contribution in [3.8, 4) is 0 Å². The molecule has 0 saturated carbocycles. The molecule has 0 amide bonds. The van der Waals surface area contributed by atoms with Crippen molar-refractivity contribution in [3.63, 3.8) is 0 Å². The van der Waals surface area contributed by atoms with Gasteiger partial charge in [0.05, 0.1) is 0 Å². The van der Waals surface area contributed by atoms with Crippen molar-refractivity contribution in [1.82, 2.24) is 9.97 Å². The predicted octanol–water partition coefficient (Wildman–Crippen LogP) is 3.86. The first-order valence-electron chi connectivity index (χ1n) is 7.34. The van der Waals surface area contributed by atoms with Crippen LogP contribution in [0, 0.1) is 0 Å². The molecule has 3 heterocycles. The quantitative estimate of drug-likeness (QED) is 0.770. The molecule has 3 aromatic rings. The smallest absolute Gasteiger partial charge is 0.139 e. The van der Waals surface area contributed by atoms with Crippen LogP contribution in [0.4, 0.5) is 5.82 Å². The third kappa shape index (κ3) is 2.31. The van der Waals surface area contributed by atoms with Crippen LogP contribution in [0.5, 0.6) is 0 Å². The zero-order valence-electron chi connectivity index (χ0n) is 11.8. The van der Waals surface area contributed by atoms with Crippen LogP contribution in [0.1, 0.15) is 12.0 Å². The lowest BCUT2D eigenvalue weighted by Crippen LogP contribution is -2.28. The minimum Gasteiger partial charge on any atom is -0.352 e. The van der Waals surface area contributed by atoms with Crippen molar-refractivity contribution >= 4 is 22.4 Å². The second kappa shape index (κ2) is 5.09. The van der Waals surface area contributed by atoms with E-state index in [4.69, 9.17) is 4.98 Å². The number of nitrogens with zero attached hydrogens (tertiary/aromatic N) is 2. The summed E-state index contributed by atoms with van der Waals surface area (Å²) in [6, 6.07) is 16.9. The van der Waals surface area contributed by atoms with Crippen LogP contribution in [0.3, 0.4) is 0 Å². The summed E-state index contributed by atoms with van der Waals surface area (Å²) in [6.07, 6.45) is 5.32. The number of pyridine rings is 1. The van der Waals surface area contributed by atoms with Gasteiger partial charge in [0.15, 0.2) is 0 Å². The van der Waals surface area contributed by atoms with E-state index in [9.17, 15) is 0 Å². The maximum absolute atomic E-state index is 4.70. The Morgan fingerprint density at radius 1 is 1.00 bits per heavy atom. The summed E-state index contributed by atoms with van der Waals surface area (Å²) < 4.78 is 0. The van der Waals surface area contributed by atoms with E-state index in [1.54, 1.807) is 0 Å². The van der Waals surface area contributed by atoms with Crippen LogP contribution in [0.2, 0.25) is 0 Å². The molecular weight excluding hydrogens is 258 g/mol. The van der Waals surface area contributed by atoms with Crippen LogP contribution in [-0.4, -0.2) is 23.1 Å². The number of aromatic nitrogens is 2. The number of H-pyrrole nitrogens is 1. The second-order valence-electron chi connectivity index (χ2n) is 5.38. The molecule has 2 aromatic heterocycles. The highest BCUT2D eigenvalue weighted by molar-refractivity contribution is 5.77. The molecule has 21 heavy (non-hydrogen) atoms. The maximum atomic E-state index is 4.70. The number of hydrogen-bond acceptors (Lipinski definition) is 2. The van der Waals surface area contributed by atoms with Crippen LogP contribution in [0.25, 0.3) is 16.6 Å². The molecule has 0 aliphatic carbocycles. The molecule has 0 radical (unpaired) electrons. The number of rotatable bonds is 2. The summed E-state index contributed by atoms with van der Waals surface area (Å²) >= 11 is 0. The Kier molecular flexibility index (Phi) is 2.96. The lowest BCUT2D eigenvalue weighted by molar-refractivity contribution is 0.819. The molecule has 1 aliphatic rings. The van der Waals surface area contributed by atoms with Gasteiger partial charge in [-0.05, 0) is 35.8 Å². The lowest BCUT2D eigenvalue weighted by atomic mass is 9.99. The van der Waals surface area contributed by atoms with E-state index in [1.807, 2.05) is 6.20 Å². The van der Waals surface area contributed by atoms with Gasteiger partial charge in [-0.25, -0.2) is 4.98 Å². The van der Waals surface area contributed by atoms with E-state index >= 15 is 0 Å². The van der Waals surface area contributed by atoms with E-state index in [1.165, 1.54) is 11.1 Å². The van der Waals surface area contributed by atoms with Gasteiger partial charge in [-0.15, -0.1) is 0 Å². The van der Waals surface area contributed by atoms with Gasteiger partial charge in [0.2, 0.25) is 0 Å². The molecule has 0 atom stereocenters. The number of fused-ring (bicyclic) bond motifs is 1. The summed E-state index contributed by atoms with van der Waals surface area (Å²) in [5.74, 6) is 1.05. The Balaban J connectivity index is 1.57. The van der Waals surface area contributed by atoms with Crippen molar-refractivity contribution in [1.29, 1.82) is 0 Å². The van der Waals surface area contributed by atoms with Crippen LogP contribution in [0.15, 0.2) is 60.8 Å². The van der Waals surface area contributed by atoms with Crippen molar-refractivity contribution < 1.29 is 0 Å². The first-order chi connectivity index (χ1) is 10.4. The van der Waals surface area contributed by atoms with Gasteiger partial charge < -0.3 is 9.88 Å². The van der Waals surface area contributed by atoms with Gasteiger partial charge in [-0.2, -0.15) is 0 Å². The Labute approximate surface area is 123 Å². The van der Waals surface area contributed by atoms with Crippen molar-refractivity contribution in [2.75, 3.05) is 18.0 Å². The normalized spacial score (nSPS) is 15.2. The molecule has 1 aliphatic heterocycles. The zero-order valence-corrected chi connectivity index (χ0v) is 11.8. The molecule has 0 unspecified atom stereocenters. The van der Waals surface area contributed by atoms with E-state index in [-0.39, 0.29) is 0 Å². The average Bonchev–Trinajstić information content (AvgIpc) is 3.03. The van der Waals surface area contributed by atoms with E-state index in [2.05, 4.69) is 64.5 Å². The average molecular weight is 275 g/mol. The zero-order chi connectivity index (χ0) is 14.1. The topological polar surface area (TPSA) is 31.9 Å². The summed E-state index contributed by atoms with van der Waals surface area (Å²) in [4.78, 5) is 10.2. The first kappa shape index (κ1) is 12.2. The molecule has 104 valence electrons. The van der Waals surface area contributed by atoms with Gasteiger partial charge in [0.1, 0.15) is 11.5 Å². The van der Waals surface area contributed by atoms with E-state index in [0.29, 0.717) is 0 Å². The SMILES string of the molecule is C1=C(c2ccccc2)CCN(c2ccc3cc[nH]c3n2)C1. The number of aromatic amines is 1. The Hall–Kier alpha value is -2.55. The fourth-order valence-electron chi connectivity index (χ4n) is 2.89. The highest BCUT2D eigenvalue weighted by Crippen LogP contribution is 2.25. The minimum absolute atomic E-state index is 0.920. The standard InChI is InChI=1S/C18H17N3/c1-2-4-14(5-3-1)15-9-12-21(13-10-15)17-7-6-16-8-11-19-18(16)20-17/h1-9,11H,10,12-13H2,(H,19,20). The fourth-order valence-corrected chi connectivity index (χ4v) is 2.89. The monoisotopic (exact) mass is 275 g/mol. The second-order valence-corrected chi connectivity index (χ2v) is 5.38. The number of hydrogen-bond donors (Lipinski definition) is 1. The van der Waals surface area contributed by atoms with Gasteiger partial charge in [-0.3, -0.25) is 0 Å². The third-order valence-electron chi connectivity index (χ3n) is 4.07. The highest BCUT2D eigenvalue weighted by Gasteiger charge is 2.14. The van der Waals surface area contributed by atoms with Crippen molar-refractivity contribution in [2.24, 2.45) is 0 Å². The number of benzene rings is 1. The molecule has 1 N–H and O–H groups in total. The molecule has 3 nitrogen and oxygen atoms in total. The van der Waals surface area contributed by atoms with E-state index < -0.39 is 0 Å². The first-order valence-corrected chi connectivity index (χ1v) is 7.34. The van der Waals surface area contributed by atoms with Crippen molar-refractivity contribution in [3.05, 3.63) is 66.4 Å². The highest BCUT2D eigenvalue weighted by atomic mass is 15.2. The summed E-state index contributed by atoms with van der Waals surface area (Å²) in [6.45, 7) is 1.93. The molecular formula is C18H17N3. The largest absolute Gasteiger partial charge is 0.352 e. The number of anilines is 1. The molecule has 0 spiro atoms. The Morgan fingerprint density at radius 2 is 1.90 bits per heavy atom. The molecule has 1 aromatic carbocycles. The van der Waals surface area contributed by atoms with Gasteiger partial charge in [0.25, 0.3) is 0 Å². The summed E-state index contributed by atoms with van der Waals surface area (Å²) in [5, 5.41) is 1.16. The minimum atomic E-state index is 0.920. The third-order valence-corrected chi connectivity index (χ3v) is 4.07. The Bertz CT molecular complexity index is 786. The van der Waals surface area contributed by atoms with Crippen molar-refractivity contribution in [2.45, 2.75) is 6.42 Å². The summed E-state index contributed by atoms with van der Waals surface area (Å²) in [7, 11) is 0. The van der Waals surface area contributed by atoms with Crippen LogP contribution >= 0.6 is 0 Å². The van der Waals surface area contributed by atoms with Gasteiger partial charge in [0, 0.05) is 24.7 Å². The predicted molar refractivity (Wildman–Crippen MR) is 87.3 cm³/mol. The van der Waals surface area contributed by atoms with Gasteiger partial charge in [-0.1, -0.05) is 36.4 Å².